The lowest BCUT2D eigenvalue weighted by atomic mass is 10.1. The summed E-state index contributed by atoms with van der Waals surface area (Å²) in [6.07, 6.45) is 3.84. The predicted molar refractivity (Wildman–Crippen MR) is 41.0 cm³/mol. The van der Waals surface area contributed by atoms with Crippen LogP contribution in [0.2, 0.25) is 0 Å². The van der Waals surface area contributed by atoms with Gasteiger partial charge in [-0.2, -0.15) is 0 Å². The first kappa shape index (κ1) is 8.53. The lowest BCUT2D eigenvalue weighted by Gasteiger charge is -2.19. The summed E-state index contributed by atoms with van der Waals surface area (Å²) in [6, 6.07) is -0.219. The van der Waals surface area contributed by atoms with Crippen LogP contribution in [0.5, 0.6) is 0 Å². The largest absolute Gasteiger partial charge is 0.465 e. The van der Waals surface area contributed by atoms with E-state index in [-0.39, 0.29) is 12.0 Å². The maximum Gasteiger partial charge on any atom is 0.324 e. The van der Waals surface area contributed by atoms with Crippen LogP contribution in [-0.2, 0) is 9.53 Å². The van der Waals surface area contributed by atoms with Crippen molar-refractivity contribution in [1.29, 1.82) is 0 Å². The van der Waals surface area contributed by atoms with E-state index in [0.717, 1.165) is 19.4 Å². The molecule has 1 heterocycles. The summed E-state index contributed by atoms with van der Waals surface area (Å²) in [5.74, 6) is -0.177. The van der Waals surface area contributed by atoms with Crippen molar-refractivity contribution in [2.45, 2.75) is 25.8 Å². The predicted octanol–water partition coefficient (Wildman–Crippen LogP) is 0.521. The van der Waals surface area contributed by atoms with Crippen LogP contribution in [0, 0.1) is 6.42 Å². The minimum atomic E-state index is -0.219. The molecule has 0 amide bonds. The third-order valence-electron chi connectivity index (χ3n) is 1.63. The normalized spacial score (nSPS) is 24.6. The number of rotatable bonds is 2. The molecule has 0 aliphatic carbocycles. The Bertz CT molecular complexity index is 130. The summed E-state index contributed by atoms with van der Waals surface area (Å²) in [7, 11) is 0. The molecule has 0 bridgehead atoms. The smallest absolute Gasteiger partial charge is 0.324 e. The molecule has 1 aliphatic heterocycles. The summed E-state index contributed by atoms with van der Waals surface area (Å²) in [5.41, 5.74) is 0. The van der Waals surface area contributed by atoms with Gasteiger partial charge in [-0.15, -0.1) is 0 Å². The van der Waals surface area contributed by atoms with E-state index >= 15 is 0 Å². The van der Waals surface area contributed by atoms with Gasteiger partial charge in [0, 0.05) is 6.54 Å². The van der Waals surface area contributed by atoms with E-state index in [0.29, 0.717) is 6.61 Å². The van der Waals surface area contributed by atoms with Crippen molar-refractivity contribution in [2.75, 3.05) is 13.2 Å². The third kappa shape index (κ3) is 2.50. The standard InChI is InChI=1S/C8H13NO2/c1-2-11-8(10)7-5-3-4-6-9-7/h3,7H,2,4-6H2,1H3. The molecule has 2 radical (unpaired) electrons. The van der Waals surface area contributed by atoms with Gasteiger partial charge in [0.05, 0.1) is 6.61 Å². The van der Waals surface area contributed by atoms with E-state index in [1.807, 2.05) is 6.92 Å². The van der Waals surface area contributed by atoms with Gasteiger partial charge in [-0.25, -0.2) is 5.32 Å². The molecule has 11 heavy (non-hydrogen) atoms. The summed E-state index contributed by atoms with van der Waals surface area (Å²) in [5, 5.41) is 4.14. The van der Waals surface area contributed by atoms with Crippen molar-refractivity contribution in [3.63, 3.8) is 0 Å². The van der Waals surface area contributed by atoms with Gasteiger partial charge in [-0.05, 0) is 26.2 Å². The van der Waals surface area contributed by atoms with Gasteiger partial charge in [0.15, 0.2) is 0 Å². The number of esters is 1. The van der Waals surface area contributed by atoms with E-state index in [1.54, 1.807) is 0 Å². The molecule has 0 aromatic heterocycles. The van der Waals surface area contributed by atoms with Crippen LogP contribution < -0.4 is 5.32 Å². The maximum atomic E-state index is 11.1. The van der Waals surface area contributed by atoms with Crippen molar-refractivity contribution in [2.24, 2.45) is 0 Å². The average molecular weight is 155 g/mol. The van der Waals surface area contributed by atoms with Gasteiger partial charge in [0.1, 0.15) is 6.04 Å². The van der Waals surface area contributed by atoms with Gasteiger partial charge in [0.25, 0.3) is 0 Å². The molecular formula is C8H13NO2. The van der Waals surface area contributed by atoms with Gasteiger partial charge in [-0.3, -0.25) is 4.79 Å². The Morgan fingerprint density at radius 2 is 2.64 bits per heavy atom. The minimum absolute atomic E-state index is 0.177. The Labute approximate surface area is 67.1 Å². The molecule has 0 aromatic carbocycles. The second-order valence-corrected chi connectivity index (χ2v) is 2.49. The van der Waals surface area contributed by atoms with Crippen LogP contribution in [-0.4, -0.2) is 25.2 Å². The SMILES string of the molecule is CCOC(=O)C1C[CH]CC[N]1. The number of nitrogens with zero attached hydrogens (tertiary/aromatic N) is 1. The van der Waals surface area contributed by atoms with Crippen molar-refractivity contribution in [3.8, 4) is 0 Å². The number of hydrogen-bond donors (Lipinski definition) is 0. The molecule has 3 nitrogen and oxygen atoms in total. The summed E-state index contributed by atoms with van der Waals surface area (Å²) in [6.45, 7) is 3.03. The molecule has 0 aromatic rings. The molecule has 1 saturated heterocycles. The van der Waals surface area contributed by atoms with Crippen molar-refractivity contribution < 1.29 is 9.53 Å². The number of carbonyl (C=O) groups is 1. The first-order valence-electron chi connectivity index (χ1n) is 3.99. The van der Waals surface area contributed by atoms with Gasteiger partial charge in [0.2, 0.25) is 0 Å². The monoisotopic (exact) mass is 155 g/mol. The number of ether oxygens (including phenoxy) is 1. The highest BCUT2D eigenvalue weighted by Gasteiger charge is 2.22. The van der Waals surface area contributed by atoms with E-state index in [2.05, 4.69) is 11.7 Å². The fourth-order valence-electron chi connectivity index (χ4n) is 1.08. The van der Waals surface area contributed by atoms with Crippen LogP contribution in [0.1, 0.15) is 19.8 Å². The molecular weight excluding hydrogens is 142 g/mol. The highest BCUT2D eigenvalue weighted by molar-refractivity contribution is 5.76. The number of carbonyl (C=O) groups excluding carboxylic acids is 1. The van der Waals surface area contributed by atoms with E-state index in [9.17, 15) is 4.79 Å². The van der Waals surface area contributed by atoms with E-state index in [4.69, 9.17) is 4.74 Å². The first-order chi connectivity index (χ1) is 5.34. The fourth-order valence-corrected chi connectivity index (χ4v) is 1.08. The Morgan fingerprint density at radius 1 is 1.82 bits per heavy atom. The molecule has 1 aliphatic rings. The van der Waals surface area contributed by atoms with Crippen LogP contribution in [0.3, 0.4) is 0 Å². The summed E-state index contributed by atoms with van der Waals surface area (Å²) in [4.78, 5) is 11.1. The molecule has 0 saturated carbocycles. The molecule has 0 spiro atoms. The Morgan fingerprint density at radius 3 is 3.18 bits per heavy atom. The van der Waals surface area contributed by atoms with Gasteiger partial charge >= 0.3 is 5.97 Å². The number of piperidine rings is 1. The Hall–Kier alpha value is -0.570. The molecule has 0 N–H and O–H groups in total. The highest BCUT2D eigenvalue weighted by atomic mass is 16.5. The molecule has 1 rings (SSSR count). The zero-order valence-corrected chi connectivity index (χ0v) is 6.75. The quantitative estimate of drug-likeness (QED) is 0.545. The molecule has 1 fully saturated rings. The average Bonchev–Trinajstić information content (AvgIpc) is 2.07. The molecule has 1 unspecified atom stereocenters. The van der Waals surface area contributed by atoms with Gasteiger partial charge in [-0.1, -0.05) is 0 Å². The topological polar surface area (TPSA) is 40.4 Å². The van der Waals surface area contributed by atoms with Gasteiger partial charge < -0.3 is 4.74 Å². The Kier molecular flexibility index (Phi) is 3.36. The highest BCUT2D eigenvalue weighted by Crippen LogP contribution is 2.08. The number of hydrogen-bond acceptors (Lipinski definition) is 2. The zero-order valence-electron chi connectivity index (χ0n) is 6.75. The molecule has 1 atom stereocenters. The van der Waals surface area contributed by atoms with E-state index in [1.165, 1.54) is 0 Å². The van der Waals surface area contributed by atoms with E-state index < -0.39 is 0 Å². The maximum absolute atomic E-state index is 11.1. The lowest BCUT2D eigenvalue weighted by molar-refractivity contribution is -0.146. The Balaban J connectivity index is 2.27. The molecule has 62 valence electrons. The van der Waals surface area contributed by atoms with Crippen molar-refractivity contribution >= 4 is 5.97 Å². The minimum Gasteiger partial charge on any atom is -0.465 e. The van der Waals surface area contributed by atoms with Crippen LogP contribution in [0.15, 0.2) is 0 Å². The van der Waals surface area contributed by atoms with Crippen molar-refractivity contribution in [1.82, 2.24) is 5.32 Å². The van der Waals surface area contributed by atoms with Crippen LogP contribution in [0.4, 0.5) is 0 Å². The van der Waals surface area contributed by atoms with Crippen LogP contribution >= 0.6 is 0 Å². The molecule has 3 heteroatoms. The first-order valence-corrected chi connectivity index (χ1v) is 3.99. The third-order valence-corrected chi connectivity index (χ3v) is 1.63. The summed E-state index contributed by atoms with van der Waals surface area (Å²) >= 11 is 0. The second-order valence-electron chi connectivity index (χ2n) is 2.49. The van der Waals surface area contributed by atoms with Crippen LogP contribution in [0.25, 0.3) is 0 Å². The fraction of sp³-hybridized carbons (Fsp3) is 0.750. The lowest BCUT2D eigenvalue weighted by Crippen LogP contribution is -2.36. The summed E-state index contributed by atoms with van der Waals surface area (Å²) < 4.78 is 4.83. The van der Waals surface area contributed by atoms with Crippen molar-refractivity contribution in [3.05, 3.63) is 6.42 Å². The second kappa shape index (κ2) is 4.34. The zero-order chi connectivity index (χ0) is 8.10.